The zero-order valence-electron chi connectivity index (χ0n) is 11.4. The molecule has 106 valence electrons. The lowest BCUT2D eigenvalue weighted by Gasteiger charge is -2.16. The predicted molar refractivity (Wildman–Crippen MR) is 74.9 cm³/mol. The van der Waals surface area contributed by atoms with Gasteiger partial charge in [0.2, 0.25) is 18.2 Å². The Bertz CT molecular complexity index is 732. The maximum atomic E-state index is 5.73. The number of nitrogens with zero attached hydrogens (tertiary/aromatic N) is 4. The molecule has 1 aromatic carbocycles. The van der Waals surface area contributed by atoms with E-state index >= 15 is 0 Å². The highest BCUT2D eigenvalue weighted by atomic mass is 16.5. The molecule has 6 heteroatoms. The number of aromatic nitrogens is 4. The third kappa shape index (κ3) is 2.29. The smallest absolute Gasteiger partial charge is 0.220 e. The Morgan fingerprint density at radius 2 is 2.10 bits per heavy atom. The van der Waals surface area contributed by atoms with Crippen molar-refractivity contribution in [2.45, 2.75) is 19.4 Å². The topological polar surface area (TPSA) is 66.0 Å². The van der Waals surface area contributed by atoms with E-state index in [-0.39, 0.29) is 0 Å². The summed E-state index contributed by atoms with van der Waals surface area (Å²) in [5, 5.41) is 11.9. The third-order valence-corrected chi connectivity index (χ3v) is 3.57. The number of aryl methyl sites for hydroxylation is 1. The molecule has 0 aliphatic carbocycles. The Kier molecular flexibility index (Phi) is 2.92. The molecule has 0 bridgehead atoms. The van der Waals surface area contributed by atoms with Gasteiger partial charge < -0.3 is 9.15 Å². The van der Waals surface area contributed by atoms with E-state index < -0.39 is 0 Å². The summed E-state index contributed by atoms with van der Waals surface area (Å²) < 4.78 is 12.8. The van der Waals surface area contributed by atoms with E-state index in [1.54, 1.807) is 0 Å². The Morgan fingerprint density at radius 1 is 1.19 bits per heavy atom. The summed E-state index contributed by atoms with van der Waals surface area (Å²) in [6.45, 7) is 1.68. The highest BCUT2D eigenvalue weighted by Crippen LogP contribution is 2.32. The first-order chi connectivity index (χ1) is 10.4. The van der Waals surface area contributed by atoms with Gasteiger partial charge in [0.1, 0.15) is 0 Å². The van der Waals surface area contributed by atoms with Gasteiger partial charge in [-0.1, -0.05) is 24.3 Å². The molecule has 4 rings (SSSR count). The van der Waals surface area contributed by atoms with Gasteiger partial charge in [0.25, 0.3) is 0 Å². The van der Waals surface area contributed by atoms with Crippen molar-refractivity contribution < 1.29 is 9.15 Å². The van der Waals surface area contributed by atoms with Gasteiger partial charge in [-0.25, -0.2) is 4.68 Å². The molecule has 0 spiro atoms. The second-order valence-corrected chi connectivity index (χ2v) is 4.99. The molecule has 0 saturated heterocycles. The molecule has 1 aliphatic heterocycles. The largest absolute Gasteiger partial charge is 0.477 e. The van der Waals surface area contributed by atoms with Crippen molar-refractivity contribution in [3.63, 3.8) is 0 Å². The third-order valence-electron chi connectivity index (χ3n) is 3.57. The first-order valence-corrected chi connectivity index (χ1v) is 6.93. The first-order valence-electron chi connectivity index (χ1n) is 6.93. The maximum absolute atomic E-state index is 5.73. The quantitative estimate of drug-likeness (QED) is 0.737. The molecule has 0 unspecified atom stereocenters. The van der Waals surface area contributed by atoms with Gasteiger partial charge in [0.15, 0.2) is 0 Å². The number of hydrogen-bond donors (Lipinski definition) is 0. The van der Waals surface area contributed by atoms with Gasteiger partial charge in [-0.2, -0.15) is 5.10 Å². The Labute approximate surface area is 121 Å². The van der Waals surface area contributed by atoms with E-state index in [0.717, 1.165) is 42.1 Å². The van der Waals surface area contributed by atoms with Crippen LogP contribution in [0.4, 0.5) is 0 Å². The van der Waals surface area contributed by atoms with Crippen LogP contribution in [0.2, 0.25) is 0 Å². The van der Waals surface area contributed by atoms with Crippen LogP contribution in [-0.2, 0) is 13.0 Å². The fraction of sp³-hybridized carbons (Fsp3) is 0.267. The molecule has 0 atom stereocenters. The zero-order valence-corrected chi connectivity index (χ0v) is 11.4. The average Bonchev–Trinajstić information content (AvgIpc) is 3.17. The lowest BCUT2D eigenvalue weighted by molar-refractivity contribution is 0.231. The van der Waals surface area contributed by atoms with Crippen molar-refractivity contribution in [1.82, 2.24) is 20.0 Å². The molecule has 6 nitrogen and oxygen atoms in total. The minimum Gasteiger partial charge on any atom is -0.477 e. The summed E-state index contributed by atoms with van der Waals surface area (Å²) in [4.78, 5) is 0. The van der Waals surface area contributed by atoms with Crippen LogP contribution < -0.4 is 4.74 Å². The maximum Gasteiger partial charge on any atom is 0.220 e. The molecule has 21 heavy (non-hydrogen) atoms. The number of fused-ring (bicyclic) bond motifs is 1. The predicted octanol–water partition coefficient (Wildman–Crippen LogP) is 2.31. The summed E-state index contributed by atoms with van der Waals surface area (Å²) in [6.07, 6.45) is 4.87. The lowest BCUT2D eigenvalue weighted by Crippen LogP contribution is -2.14. The van der Waals surface area contributed by atoms with Crippen LogP contribution >= 0.6 is 0 Å². The monoisotopic (exact) mass is 282 g/mol. The Morgan fingerprint density at radius 3 is 2.90 bits per heavy atom. The Balaban J connectivity index is 1.60. The lowest BCUT2D eigenvalue weighted by atomic mass is 10.1. The van der Waals surface area contributed by atoms with E-state index in [9.17, 15) is 0 Å². The zero-order chi connectivity index (χ0) is 14.1. The standard InChI is InChI=1S/C15H14N4O2/c1-6-19-15(20-7-1)13(9-17-19)12-4-2-11(3-5-12)8-14-18-16-10-21-14/h2-5,9-10H,1,6-8H2. The SMILES string of the molecule is c1nnc(Cc2ccc(-c3cnn4c3OCCC4)cc2)o1. The summed E-state index contributed by atoms with van der Waals surface area (Å²) in [6, 6.07) is 8.27. The molecule has 3 aromatic rings. The van der Waals surface area contributed by atoms with E-state index in [1.165, 1.54) is 6.39 Å². The van der Waals surface area contributed by atoms with Crippen LogP contribution in [0, 0.1) is 0 Å². The molecular formula is C15H14N4O2. The average molecular weight is 282 g/mol. The fourth-order valence-electron chi connectivity index (χ4n) is 2.52. The van der Waals surface area contributed by atoms with Gasteiger partial charge >= 0.3 is 0 Å². The normalized spacial score (nSPS) is 13.7. The van der Waals surface area contributed by atoms with Crippen molar-refractivity contribution in [3.05, 3.63) is 48.3 Å². The molecule has 2 aromatic heterocycles. The van der Waals surface area contributed by atoms with Crippen molar-refractivity contribution in [3.8, 4) is 17.0 Å². The van der Waals surface area contributed by atoms with Crippen molar-refractivity contribution in [1.29, 1.82) is 0 Å². The first kappa shape index (κ1) is 12.1. The van der Waals surface area contributed by atoms with Crippen LogP contribution in [0.3, 0.4) is 0 Å². The molecule has 0 N–H and O–H groups in total. The van der Waals surface area contributed by atoms with Crippen molar-refractivity contribution in [2.24, 2.45) is 0 Å². The van der Waals surface area contributed by atoms with Crippen LogP contribution in [0.1, 0.15) is 17.9 Å². The van der Waals surface area contributed by atoms with E-state index in [0.29, 0.717) is 12.3 Å². The van der Waals surface area contributed by atoms with Gasteiger partial charge in [-0.15, -0.1) is 10.2 Å². The van der Waals surface area contributed by atoms with Crippen LogP contribution in [-0.4, -0.2) is 26.6 Å². The molecule has 1 aliphatic rings. The minimum atomic E-state index is 0.619. The van der Waals surface area contributed by atoms with Crippen LogP contribution in [0.5, 0.6) is 5.88 Å². The van der Waals surface area contributed by atoms with Crippen molar-refractivity contribution >= 4 is 0 Å². The van der Waals surface area contributed by atoms with Crippen LogP contribution in [0.25, 0.3) is 11.1 Å². The number of hydrogen-bond acceptors (Lipinski definition) is 5. The summed E-state index contributed by atoms with van der Waals surface area (Å²) in [5.41, 5.74) is 3.27. The molecule has 0 saturated carbocycles. The number of rotatable bonds is 3. The number of benzene rings is 1. The highest BCUT2D eigenvalue weighted by Gasteiger charge is 2.17. The summed E-state index contributed by atoms with van der Waals surface area (Å²) >= 11 is 0. The van der Waals surface area contributed by atoms with Gasteiger partial charge in [0.05, 0.1) is 24.8 Å². The van der Waals surface area contributed by atoms with Crippen molar-refractivity contribution in [2.75, 3.05) is 6.61 Å². The number of ether oxygens (including phenoxy) is 1. The molecule has 0 radical (unpaired) electrons. The molecule has 3 heterocycles. The van der Waals surface area contributed by atoms with E-state index in [4.69, 9.17) is 9.15 Å². The van der Waals surface area contributed by atoms with E-state index in [2.05, 4.69) is 39.6 Å². The molecule has 0 amide bonds. The Hall–Kier alpha value is -2.63. The van der Waals surface area contributed by atoms with Gasteiger partial charge in [-0.05, 0) is 11.1 Å². The van der Waals surface area contributed by atoms with Gasteiger partial charge in [-0.3, -0.25) is 0 Å². The second kappa shape index (κ2) is 5.05. The van der Waals surface area contributed by atoms with E-state index in [1.807, 2.05) is 10.9 Å². The van der Waals surface area contributed by atoms with Crippen LogP contribution in [0.15, 0.2) is 41.3 Å². The van der Waals surface area contributed by atoms with Gasteiger partial charge in [0, 0.05) is 13.0 Å². The second-order valence-electron chi connectivity index (χ2n) is 4.99. The fourth-order valence-corrected chi connectivity index (χ4v) is 2.52. The molecular weight excluding hydrogens is 268 g/mol. The minimum absolute atomic E-state index is 0.619. The summed E-state index contributed by atoms with van der Waals surface area (Å²) in [5.74, 6) is 1.49. The highest BCUT2D eigenvalue weighted by molar-refractivity contribution is 5.68. The molecule has 0 fully saturated rings. The summed E-state index contributed by atoms with van der Waals surface area (Å²) in [7, 11) is 0.